The second-order valence-electron chi connectivity index (χ2n) is 7.00. The highest BCUT2D eigenvalue weighted by molar-refractivity contribution is 5.83. The SMILES string of the molecule is Oc1ccccc1C=NCC1CCCC(CN=Cc2ccccc2O)C1. The third kappa shape index (κ3) is 5.19. The number of hydrogen-bond donors (Lipinski definition) is 2. The smallest absolute Gasteiger partial charge is 0.124 e. The highest BCUT2D eigenvalue weighted by Gasteiger charge is 2.21. The summed E-state index contributed by atoms with van der Waals surface area (Å²) in [5, 5.41) is 19.6. The molecule has 4 heteroatoms. The highest BCUT2D eigenvalue weighted by Crippen LogP contribution is 2.29. The summed E-state index contributed by atoms with van der Waals surface area (Å²) in [6.45, 7) is 1.60. The maximum atomic E-state index is 9.78. The number of rotatable bonds is 6. The zero-order valence-corrected chi connectivity index (χ0v) is 15.0. The Morgan fingerprint density at radius 3 is 1.69 bits per heavy atom. The number of aromatic hydroxyl groups is 2. The van der Waals surface area contributed by atoms with Crippen LogP contribution in [0.15, 0.2) is 58.5 Å². The maximum Gasteiger partial charge on any atom is 0.124 e. The Morgan fingerprint density at radius 2 is 1.23 bits per heavy atom. The van der Waals surface area contributed by atoms with Crippen molar-refractivity contribution < 1.29 is 10.2 Å². The average Bonchev–Trinajstić information content (AvgIpc) is 2.65. The second-order valence-corrected chi connectivity index (χ2v) is 7.00. The normalized spacial score (nSPS) is 20.8. The molecule has 1 fully saturated rings. The van der Waals surface area contributed by atoms with Crippen molar-refractivity contribution in [2.75, 3.05) is 13.1 Å². The third-order valence-electron chi connectivity index (χ3n) is 4.95. The van der Waals surface area contributed by atoms with Crippen molar-refractivity contribution in [1.82, 2.24) is 0 Å². The molecule has 0 radical (unpaired) electrons. The molecule has 136 valence electrons. The molecule has 1 aliphatic carbocycles. The molecule has 1 aliphatic rings. The van der Waals surface area contributed by atoms with E-state index in [9.17, 15) is 10.2 Å². The van der Waals surface area contributed by atoms with Crippen LogP contribution in [-0.4, -0.2) is 35.7 Å². The lowest BCUT2D eigenvalue weighted by Gasteiger charge is -2.27. The van der Waals surface area contributed by atoms with Gasteiger partial charge in [0, 0.05) is 36.6 Å². The lowest BCUT2D eigenvalue weighted by atomic mass is 9.81. The molecule has 0 bridgehead atoms. The summed E-state index contributed by atoms with van der Waals surface area (Å²) in [6, 6.07) is 14.5. The van der Waals surface area contributed by atoms with Crippen molar-refractivity contribution >= 4 is 12.4 Å². The summed E-state index contributed by atoms with van der Waals surface area (Å²) in [7, 11) is 0. The average molecular weight is 350 g/mol. The topological polar surface area (TPSA) is 65.2 Å². The molecular formula is C22H26N2O2. The van der Waals surface area contributed by atoms with E-state index in [4.69, 9.17) is 0 Å². The quantitative estimate of drug-likeness (QED) is 0.756. The van der Waals surface area contributed by atoms with Gasteiger partial charge in [-0.3, -0.25) is 9.98 Å². The Hall–Kier alpha value is -2.62. The van der Waals surface area contributed by atoms with Crippen LogP contribution in [0.3, 0.4) is 0 Å². The Kier molecular flexibility index (Phi) is 6.42. The first-order chi connectivity index (χ1) is 12.7. The first-order valence-electron chi connectivity index (χ1n) is 9.28. The van der Waals surface area contributed by atoms with Crippen molar-refractivity contribution in [2.45, 2.75) is 25.7 Å². The second kappa shape index (κ2) is 9.18. The molecule has 2 aromatic carbocycles. The molecule has 26 heavy (non-hydrogen) atoms. The van der Waals surface area contributed by atoms with E-state index < -0.39 is 0 Å². The number of hydrogen-bond acceptors (Lipinski definition) is 4. The monoisotopic (exact) mass is 350 g/mol. The summed E-state index contributed by atoms with van der Waals surface area (Å²) >= 11 is 0. The fraction of sp³-hybridized carbons (Fsp3) is 0.364. The lowest BCUT2D eigenvalue weighted by Crippen LogP contribution is -2.20. The lowest BCUT2D eigenvalue weighted by molar-refractivity contribution is 0.278. The zero-order valence-electron chi connectivity index (χ0n) is 15.0. The van der Waals surface area contributed by atoms with Gasteiger partial charge in [0.1, 0.15) is 11.5 Å². The molecule has 0 heterocycles. The van der Waals surface area contributed by atoms with Gasteiger partial charge >= 0.3 is 0 Å². The number of para-hydroxylation sites is 2. The predicted molar refractivity (Wildman–Crippen MR) is 107 cm³/mol. The van der Waals surface area contributed by atoms with E-state index in [0.717, 1.165) is 30.6 Å². The van der Waals surface area contributed by atoms with Crippen LogP contribution in [0.5, 0.6) is 11.5 Å². The van der Waals surface area contributed by atoms with Crippen LogP contribution in [0, 0.1) is 11.8 Å². The van der Waals surface area contributed by atoms with Gasteiger partial charge in [-0.2, -0.15) is 0 Å². The van der Waals surface area contributed by atoms with Crippen molar-refractivity contribution in [3.05, 3.63) is 59.7 Å². The van der Waals surface area contributed by atoms with Crippen LogP contribution in [0.4, 0.5) is 0 Å². The molecule has 2 unspecified atom stereocenters. The Balaban J connectivity index is 1.48. The molecule has 2 N–H and O–H groups in total. The van der Waals surface area contributed by atoms with E-state index in [1.54, 1.807) is 24.6 Å². The van der Waals surface area contributed by atoms with Gasteiger partial charge in [0.2, 0.25) is 0 Å². The summed E-state index contributed by atoms with van der Waals surface area (Å²) in [6.07, 6.45) is 8.31. The molecule has 2 atom stereocenters. The Morgan fingerprint density at radius 1 is 0.769 bits per heavy atom. The predicted octanol–water partition coefficient (Wildman–Crippen LogP) is 4.44. The minimum atomic E-state index is 0.274. The summed E-state index contributed by atoms with van der Waals surface area (Å²) in [5.41, 5.74) is 1.54. The van der Waals surface area contributed by atoms with Crippen LogP contribution in [0.2, 0.25) is 0 Å². The Bertz CT molecular complexity index is 707. The number of phenols is 2. The highest BCUT2D eigenvalue weighted by atomic mass is 16.3. The molecule has 0 saturated heterocycles. The van der Waals surface area contributed by atoms with Crippen LogP contribution >= 0.6 is 0 Å². The van der Waals surface area contributed by atoms with E-state index >= 15 is 0 Å². The van der Waals surface area contributed by atoms with Gasteiger partial charge in [0.15, 0.2) is 0 Å². The first-order valence-corrected chi connectivity index (χ1v) is 9.28. The van der Waals surface area contributed by atoms with Crippen molar-refractivity contribution in [2.24, 2.45) is 21.8 Å². The van der Waals surface area contributed by atoms with Gasteiger partial charge in [-0.05, 0) is 55.4 Å². The molecule has 2 aromatic rings. The summed E-state index contributed by atoms with van der Waals surface area (Å²) in [4.78, 5) is 9.09. The number of benzene rings is 2. The fourth-order valence-corrected chi connectivity index (χ4v) is 3.53. The van der Waals surface area contributed by atoms with Crippen LogP contribution in [-0.2, 0) is 0 Å². The molecule has 0 amide bonds. The van der Waals surface area contributed by atoms with Crippen molar-refractivity contribution in [3.8, 4) is 11.5 Å². The maximum absolute atomic E-state index is 9.78. The Labute approximate surface area is 155 Å². The molecule has 0 aliphatic heterocycles. The van der Waals surface area contributed by atoms with Gasteiger partial charge in [0.05, 0.1) is 0 Å². The van der Waals surface area contributed by atoms with Gasteiger partial charge in [-0.1, -0.05) is 30.7 Å². The standard InChI is InChI=1S/C22H26N2O2/c25-21-10-3-1-8-19(21)15-23-13-17-6-5-7-18(12-17)14-24-16-20-9-2-4-11-22(20)26/h1-4,8-11,15-18,25-26H,5-7,12-14H2. The number of nitrogens with zero attached hydrogens (tertiary/aromatic N) is 2. The van der Waals surface area contributed by atoms with E-state index in [-0.39, 0.29) is 11.5 Å². The van der Waals surface area contributed by atoms with Crippen LogP contribution in [0.1, 0.15) is 36.8 Å². The van der Waals surface area contributed by atoms with Crippen LogP contribution in [0.25, 0.3) is 0 Å². The van der Waals surface area contributed by atoms with Gasteiger partial charge < -0.3 is 10.2 Å². The van der Waals surface area contributed by atoms with Gasteiger partial charge in [-0.15, -0.1) is 0 Å². The minimum Gasteiger partial charge on any atom is -0.507 e. The van der Waals surface area contributed by atoms with E-state index in [0.29, 0.717) is 11.8 Å². The zero-order chi connectivity index (χ0) is 18.2. The first kappa shape index (κ1) is 18.2. The number of aliphatic imine (C=N–C) groups is 2. The molecule has 1 saturated carbocycles. The fourth-order valence-electron chi connectivity index (χ4n) is 3.53. The minimum absolute atomic E-state index is 0.274. The van der Waals surface area contributed by atoms with E-state index in [2.05, 4.69) is 9.98 Å². The van der Waals surface area contributed by atoms with Gasteiger partial charge in [-0.25, -0.2) is 0 Å². The molecule has 3 rings (SSSR count). The van der Waals surface area contributed by atoms with E-state index in [1.807, 2.05) is 36.4 Å². The van der Waals surface area contributed by atoms with Crippen molar-refractivity contribution in [1.29, 1.82) is 0 Å². The molecular weight excluding hydrogens is 324 g/mol. The number of phenolic OH excluding ortho intramolecular Hbond substituents is 2. The summed E-state index contributed by atoms with van der Waals surface area (Å²) in [5.74, 6) is 1.71. The van der Waals surface area contributed by atoms with Gasteiger partial charge in [0.25, 0.3) is 0 Å². The molecule has 0 aromatic heterocycles. The third-order valence-corrected chi connectivity index (χ3v) is 4.95. The molecule has 4 nitrogen and oxygen atoms in total. The summed E-state index contributed by atoms with van der Waals surface area (Å²) < 4.78 is 0. The molecule has 0 spiro atoms. The van der Waals surface area contributed by atoms with Crippen LogP contribution < -0.4 is 0 Å². The van der Waals surface area contributed by atoms with E-state index in [1.165, 1.54) is 19.3 Å². The largest absolute Gasteiger partial charge is 0.507 e. The van der Waals surface area contributed by atoms with Crippen molar-refractivity contribution in [3.63, 3.8) is 0 Å².